The zero-order valence-corrected chi connectivity index (χ0v) is 9.34. The molecule has 0 aliphatic heterocycles. The number of benzene rings is 1. The van der Waals surface area contributed by atoms with E-state index in [1.165, 1.54) is 0 Å². The first-order chi connectivity index (χ1) is 6.65. The van der Waals surface area contributed by atoms with E-state index < -0.39 is 5.91 Å². The lowest BCUT2D eigenvalue weighted by Crippen LogP contribution is -2.13. The summed E-state index contributed by atoms with van der Waals surface area (Å²) >= 11 is 0. The van der Waals surface area contributed by atoms with Gasteiger partial charge in [-0.3, -0.25) is 4.79 Å². The molecule has 0 saturated carbocycles. The maximum absolute atomic E-state index is 10.8. The SMILES string of the molecule is Cc1cc(C(N)=O)ccc1OCCN.Cl. The first-order valence-electron chi connectivity index (χ1n) is 4.38. The average molecular weight is 231 g/mol. The van der Waals surface area contributed by atoms with Gasteiger partial charge in [0.25, 0.3) is 0 Å². The monoisotopic (exact) mass is 230 g/mol. The number of carbonyl (C=O) groups is 1. The van der Waals surface area contributed by atoms with Crippen LogP contribution in [-0.4, -0.2) is 19.1 Å². The minimum absolute atomic E-state index is 0. The fourth-order valence-corrected chi connectivity index (χ4v) is 1.13. The van der Waals surface area contributed by atoms with Crippen LogP contribution in [0.15, 0.2) is 18.2 Å². The van der Waals surface area contributed by atoms with Crippen molar-refractivity contribution in [1.29, 1.82) is 0 Å². The topological polar surface area (TPSA) is 78.3 Å². The van der Waals surface area contributed by atoms with Crippen LogP contribution in [0.4, 0.5) is 0 Å². The molecule has 15 heavy (non-hydrogen) atoms. The minimum atomic E-state index is -0.432. The van der Waals surface area contributed by atoms with Crippen LogP contribution in [0.5, 0.6) is 5.75 Å². The molecule has 5 heteroatoms. The molecule has 4 nitrogen and oxygen atoms in total. The average Bonchev–Trinajstić information content (AvgIpc) is 2.15. The standard InChI is InChI=1S/C10H14N2O2.ClH/c1-7-6-8(10(12)13)2-3-9(7)14-5-4-11;/h2-3,6H,4-5,11H2,1H3,(H2,12,13);1H. The Balaban J connectivity index is 0.00000196. The van der Waals surface area contributed by atoms with Crippen molar-refractivity contribution in [3.63, 3.8) is 0 Å². The smallest absolute Gasteiger partial charge is 0.248 e. The molecule has 4 N–H and O–H groups in total. The normalized spacial score (nSPS) is 9.20. The fraction of sp³-hybridized carbons (Fsp3) is 0.300. The second-order valence-electron chi connectivity index (χ2n) is 2.98. The molecule has 0 radical (unpaired) electrons. The van der Waals surface area contributed by atoms with Gasteiger partial charge in [0.05, 0.1) is 0 Å². The number of halogens is 1. The number of hydrogen-bond donors (Lipinski definition) is 2. The predicted octanol–water partition coefficient (Wildman–Crippen LogP) is 0.853. The molecule has 0 aliphatic rings. The van der Waals surface area contributed by atoms with E-state index in [-0.39, 0.29) is 12.4 Å². The molecule has 0 aliphatic carbocycles. The van der Waals surface area contributed by atoms with Gasteiger partial charge < -0.3 is 16.2 Å². The predicted molar refractivity (Wildman–Crippen MR) is 61.5 cm³/mol. The summed E-state index contributed by atoms with van der Waals surface area (Å²) in [7, 11) is 0. The lowest BCUT2D eigenvalue weighted by atomic mass is 10.1. The molecule has 1 aromatic rings. The Bertz CT molecular complexity index is 342. The summed E-state index contributed by atoms with van der Waals surface area (Å²) in [6.45, 7) is 2.80. The summed E-state index contributed by atoms with van der Waals surface area (Å²) in [4.78, 5) is 10.8. The fourth-order valence-electron chi connectivity index (χ4n) is 1.13. The Labute approximate surface area is 95.0 Å². The summed E-state index contributed by atoms with van der Waals surface area (Å²) in [6.07, 6.45) is 0. The van der Waals surface area contributed by atoms with Crippen LogP contribution in [0.2, 0.25) is 0 Å². The second-order valence-corrected chi connectivity index (χ2v) is 2.98. The lowest BCUT2D eigenvalue weighted by Gasteiger charge is -2.08. The van der Waals surface area contributed by atoms with Crippen molar-refractivity contribution < 1.29 is 9.53 Å². The van der Waals surface area contributed by atoms with Crippen LogP contribution < -0.4 is 16.2 Å². The van der Waals surface area contributed by atoms with Crippen LogP contribution in [-0.2, 0) is 0 Å². The number of rotatable bonds is 4. The third-order valence-corrected chi connectivity index (χ3v) is 1.83. The molecule has 84 valence electrons. The van der Waals surface area contributed by atoms with E-state index in [9.17, 15) is 4.79 Å². The summed E-state index contributed by atoms with van der Waals surface area (Å²) in [5.74, 6) is 0.305. The first-order valence-corrected chi connectivity index (χ1v) is 4.38. The highest BCUT2D eigenvalue weighted by molar-refractivity contribution is 5.93. The van der Waals surface area contributed by atoms with E-state index >= 15 is 0 Å². The molecule has 0 unspecified atom stereocenters. The third-order valence-electron chi connectivity index (χ3n) is 1.83. The van der Waals surface area contributed by atoms with Crippen molar-refractivity contribution >= 4 is 18.3 Å². The van der Waals surface area contributed by atoms with Gasteiger partial charge in [-0.15, -0.1) is 12.4 Å². The van der Waals surface area contributed by atoms with Crippen LogP contribution in [0.1, 0.15) is 15.9 Å². The zero-order valence-electron chi connectivity index (χ0n) is 8.53. The van der Waals surface area contributed by atoms with Crippen molar-refractivity contribution in [2.75, 3.05) is 13.2 Å². The molecular formula is C10H15ClN2O2. The van der Waals surface area contributed by atoms with Gasteiger partial charge in [-0.05, 0) is 30.7 Å². The minimum Gasteiger partial charge on any atom is -0.492 e. The van der Waals surface area contributed by atoms with Crippen molar-refractivity contribution in [3.8, 4) is 5.75 Å². The third kappa shape index (κ3) is 3.77. The van der Waals surface area contributed by atoms with E-state index in [0.717, 1.165) is 11.3 Å². The van der Waals surface area contributed by atoms with Gasteiger partial charge in [0, 0.05) is 12.1 Å². The number of hydrogen-bond acceptors (Lipinski definition) is 3. The molecule has 1 aromatic carbocycles. The Morgan fingerprint density at radius 2 is 2.13 bits per heavy atom. The molecule has 0 spiro atoms. The molecule has 0 bridgehead atoms. The van der Waals surface area contributed by atoms with Crippen LogP contribution >= 0.6 is 12.4 Å². The lowest BCUT2D eigenvalue weighted by molar-refractivity contribution is 0.1000. The van der Waals surface area contributed by atoms with Crippen LogP contribution in [0.25, 0.3) is 0 Å². The summed E-state index contributed by atoms with van der Waals surface area (Å²) < 4.78 is 5.34. The Kier molecular flexibility index (Phi) is 5.74. The number of ether oxygens (including phenoxy) is 1. The van der Waals surface area contributed by atoms with Crippen molar-refractivity contribution in [2.45, 2.75) is 6.92 Å². The van der Waals surface area contributed by atoms with Gasteiger partial charge >= 0.3 is 0 Å². The van der Waals surface area contributed by atoms with Crippen LogP contribution in [0.3, 0.4) is 0 Å². The molecule has 0 fully saturated rings. The Morgan fingerprint density at radius 3 is 2.60 bits per heavy atom. The molecule has 0 heterocycles. The van der Waals surface area contributed by atoms with E-state index in [1.54, 1.807) is 18.2 Å². The maximum Gasteiger partial charge on any atom is 0.248 e. The summed E-state index contributed by atoms with van der Waals surface area (Å²) in [5.41, 5.74) is 11.8. The molecule has 0 atom stereocenters. The molecule has 1 amide bonds. The number of nitrogens with two attached hydrogens (primary N) is 2. The highest BCUT2D eigenvalue weighted by atomic mass is 35.5. The number of amides is 1. The zero-order chi connectivity index (χ0) is 10.6. The van der Waals surface area contributed by atoms with Gasteiger partial charge in [-0.2, -0.15) is 0 Å². The van der Waals surface area contributed by atoms with Crippen molar-refractivity contribution in [3.05, 3.63) is 29.3 Å². The van der Waals surface area contributed by atoms with Crippen molar-refractivity contribution in [1.82, 2.24) is 0 Å². The quantitative estimate of drug-likeness (QED) is 0.805. The molecule has 0 aromatic heterocycles. The highest BCUT2D eigenvalue weighted by Gasteiger charge is 2.04. The van der Waals surface area contributed by atoms with E-state index in [0.29, 0.717) is 18.7 Å². The van der Waals surface area contributed by atoms with Gasteiger partial charge in [-0.1, -0.05) is 0 Å². The Morgan fingerprint density at radius 1 is 1.47 bits per heavy atom. The van der Waals surface area contributed by atoms with Gasteiger partial charge in [-0.25, -0.2) is 0 Å². The number of primary amides is 1. The van der Waals surface area contributed by atoms with E-state index in [4.69, 9.17) is 16.2 Å². The number of aryl methyl sites for hydroxylation is 1. The van der Waals surface area contributed by atoms with Crippen LogP contribution in [0, 0.1) is 6.92 Å². The molecule has 1 rings (SSSR count). The number of carbonyl (C=O) groups excluding carboxylic acids is 1. The van der Waals surface area contributed by atoms with Gasteiger partial charge in [0.2, 0.25) is 5.91 Å². The van der Waals surface area contributed by atoms with E-state index in [2.05, 4.69) is 0 Å². The largest absolute Gasteiger partial charge is 0.492 e. The molecule has 0 saturated heterocycles. The Hall–Kier alpha value is -1.26. The first kappa shape index (κ1) is 13.7. The second kappa shape index (κ2) is 6.27. The molecular weight excluding hydrogens is 216 g/mol. The van der Waals surface area contributed by atoms with Crippen molar-refractivity contribution in [2.24, 2.45) is 11.5 Å². The van der Waals surface area contributed by atoms with Gasteiger partial charge in [0.15, 0.2) is 0 Å². The van der Waals surface area contributed by atoms with Gasteiger partial charge in [0.1, 0.15) is 12.4 Å². The van der Waals surface area contributed by atoms with E-state index in [1.807, 2.05) is 6.92 Å². The maximum atomic E-state index is 10.8. The summed E-state index contributed by atoms with van der Waals surface area (Å²) in [5, 5.41) is 0. The highest BCUT2D eigenvalue weighted by Crippen LogP contribution is 2.18. The summed E-state index contributed by atoms with van der Waals surface area (Å²) in [6, 6.07) is 5.07.